The Kier molecular flexibility index (Phi) is 6.59. The number of methoxy groups -OCH3 is 1. The highest BCUT2D eigenvalue weighted by molar-refractivity contribution is 7.99. The highest BCUT2D eigenvalue weighted by Gasteiger charge is 2.24. The van der Waals surface area contributed by atoms with Gasteiger partial charge in [-0.05, 0) is 37.8 Å². The Balaban J connectivity index is 2.09. The lowest BCUT2D eigenvalue weighted by molar-refractivity contribution is 0.0938. The highest BCUT2D eigenvalue weighted by atomic mass is 32.2. The second-order valence-electron chi connectivity index (χ2n) is 5.66. The molecule has 1 saturated heterocycles. The maximum atomic E-state index is 12.6. The first kappa shape index (κ1) is 17.9. The zero-order chi connectivity index (χ0) is 16.8. The number of nitrogens with zero attached hydrogens (tertiary/aromatic N) is 1. The molecule has 128 valence electrons. The first-order valence-electron chi connectivity index (χ1n) is 8.23. The molecule has 23 heavy (non-hydrogen) atoms. The van der Waals surface area contributed by atoms with Gasteiger partial charge in [0, 0.05) is 29.2 Å². The van der Waals surface area contributed by atoms with Crippen LogP contribution in [0.1, 0.15) is 37.0 Å². The Morgan fingerprint density at radius 1 is 1.48 bits per heavy atom. The number of nitrogens with two attached hydrogens (primary N) is 1. The normalized spacial score (nSPS) is 18.1. The van der Waals surface area contributed by atoms with Gasteiger partial charge in [-0.2, -0.15) is 0 Å². The van der Waals surface area contributed by atoms with Gasteiger partial charge in [-0.1, -0.05) is 13.8 Å². The van der Waals surface area contributed by atoms with E-state index in [0.717, 1.165) is 30.2 Å². The van der Waals surface area contributed by atoms with Crippen LogP contribution in [-0.4, -0.2) is 49.3 Å². The lowest BCUT2D eigenvalue weighted by atomic mass is 10.1. The van der Waals surface area contributed by atoms with E-state index in [1.807, 2.05) is 6.07 Å². The SMILES string of the molecule is CCSc1cc(C(=O)NCC2CCCN2CC)c(OC)cc1N. The third-order valence-corrected chi connectivity index (χ3v) is 5.23. The van der Waals surface area contributed by atoms with Gasteiger partial charge in [0.25, 0.3) is 5.91 Å². The quantitative estimate of drug-likeness (QED) is 0.591. The number of nitrogens with one attached hydrogen (secondary N) is 1. The van der Waals surface area contributed by atoms with Crippen LogP contribution in [0.2, 0.25) is 0 Å². The summed E-state index contributed by atoms with van der Waals surface area (Å²) in [6.45, 7) is 7.06. The summed E-state index contributed by atoms with van der Waals surface area (Å²) in [5.74, 6) is 1.34. The molecule has 0 spiro atoms. The molecular formula is C17H27N3O2S. The van der Waals surface area contributed by atoms with Crippen LogP contribution in [-0.2, 0) is 0 Å². The van der Waals surface area contributed by atoms with Crippen molar-refractivity contribution in [3.8, 4) is 5.75 Å². The molecule has 1 aromatic carbocycles. The summed E-state index contributed by atoms with van der Waals surface area (Å²) in [6, 6.07) is 4.01. The molecule has 1 amide bonds. The fraction of sp³-hybridized carbons (Fsp3) is 0.588. The number of thioether (sulfide) groups is 1. The molecule has 5 nitrogen and oxygen atoms in total. The fourth-order valence-corrected chi connectivity index (χ4v) is 3.79. The van der Waals surface area contributed by atoms with Crippen LogP contribution >= 0.6 is 11.8 Å². The van der Waals surface area contributed by atoms with Gasteiger partial charge in [0.1, 0.15) is 5.75 Å². The topological polar surface area (TPSA) is 67.6 Å². The lowest BCUT2D eigenvalue weighted by Crippen LogP contribution is -2.40. The van der Waals surface area contributed by atoms with E-state index in [0.29, 0.717) is 29.6 Å². The molecule has 1 unspecified atom stereocenters. The summed E-state index contributed by atoms with van der Waals surface area (Å²) in [5, 5.41) is 3.06. The molecule has 0 aliphatic carbocycles. The summed E-state index contributed by atoms with van der Waals surface area (Å²) in [7, 11) is 1.56. The summed E-state index contributed by atoms with van der Waals surface area (Å²) < 4.78 is 5.33. The van der Waals surface area contributed by atoms with Crippen molar-refractivity contribution in [3.63, 3.8) is 0 Å². The Bertz CT molecular complexity index is 551. The molecule has 0 aromatic heterocycles. The van der Waals surface area contributed by atoms with Crippen molar-refractivity contribution in [2.45, 2.75) is 37.6 Å². The first-order valence-corrected chi connectivity index (χ1v) is 9.21. The number of benzene rings is 1. The molecule has 1 heterocycles. The van der Waals surface area contributed by atoms with Crippen molar-refractivity contribution in [2.24, 2.45) is 0 Å². The van der Waals surface area contributed by atoms with Crippen LogP contribution < -0.4 is 15.8 Å². The summed E-state index contributed by atoms with van der Waals surface area (Å²) >= 11 is 1.63. The van der Waals surface area contributed by atoms with Gasteiger partial charge in [0.15, 0.2) is 0 Å². The van der Waals surface area contributed by atoms with E-state index in [2.05, 4.69) is 24.1 Å². The number of likely N-dealkylation sites (tertiary alicyclic amines) is 1. The number of carbonyl (C=O) groups is 1. The predicted octanol–water partition coefficient (Wildman–Crippen LogP) is 2.60. The second kappa shape index (κ2) is 8.45. The van der Waals surface area contributed by atoms with Crippen molar-refractivity contribution >= 4 is 23.4 Å². The first-order chi connectivity index (χ1) is 11.1. The third-order valence-electron chi connectivity index (χ3n) is 4.28. The molecule has 0 radical (unpaired) electrons. The summed E-state index contributed by atoms with van der Waals surface area (Å²) in [5.41, 5.74) is 7.23. The fourth-order valence-electron chi connectivity index (χ4n) is 3.05. The van der Waals surface area contributed by atoms with Crippen molar-refractivity contribution < 1.29 is 9.53 Å². The number of nitrogen functional groups attached to an aromatic ring is 1. The molecule has 2 rings (SSSR count). The van der Waals surface area contributed by atoms with Gasteiger partial charge in [0.05, 0.1) is 12.7 Å². The van der Waals surface area contributed by atoms with Crippen molar-refractivity contribution in [2.75, 3.05) is 38.2 Å². The van der Waals surface area contributed by atoms with E-state index < -0.39 is 0 Å². The standard InChI is InChI=1S/C17H27N3O2S/c1-4-20-8-6-7-12(20)11-19-17(21)13-9-16(23-5-2)14(18)10-15(13)22-3/h9-10,12H,4-8,11,18H2,1-3H3,(H,19,21). The number of amides is 1. The van der Waals surface area contributed by atoms with Gasteiger partial charge >= 0.3 is 0 Å². The highest BCUT2D eigenvalue weighted by Crippen LogP contribution is 2.32. The predicted molar refractivity (Wildman–Crippen MR) is 96.4 cm³/mol. The van der Waals surface area contributed by atoms with Crippen LogP contribution in [0, 0.1) is 0 Å². The van der Waals surface area contributed by atoms with Gasteiger partial charge < -0.3 is 15.8 Å². The van der Waals surface area contributed by atoms with Crippen LogP contribution in [0.3, 0.4) is 0 Å². The average molecular weight is 337 g/mol. The Labute approximate surface area is 142 Å². The number of anilines is 1. The van der Waals surface area contributed by atoms with Crippen molar-refractivity contribution in [1.82, 2.24) is 10.2 Å². The zero-order valence-corrected chi connectivity index (χ0v) is 15.0. The molecule has 0 saturated carbocycles. The summed E-state index contributed by atoms with van der Waals surface area (Å²) in [6.07, 6.45) is 2.35. The molecule has 1 atom stereocenters. The molecule has 1 aliphatic heterocycles. The van der Waals surface area contributed by atoms with Gasteiger partial charge in [-0.3, -0.25) is 9.69 Å². The Hall–Kier alpha value is -1.40. The van der Waals surface area contributed by atoms with E-state index in [-0.39, 0.29) is 5.91 Å². The largest absolute Gasteiger partial charge is 0.496 e. The molecule has 6 heteroatoms. The molecule has 1 aliphatic rings. The van der Waals surface area contributed by atoms with E-state index in [1.54, 1.807) is 24.9 Å². The Morgan fingerprint density at radius 2 is 2.26 bits per heavy atom. The maximum Gasteiger partial charge on any atom is 0.255 e. The van der Waals surface area contributed by atoms with E-state index in [4.69, 9.17) is 10.5 Å². The molecule has 1 fully saturated rings. The molecule has 1 aromatic rings. The van der Waals surface area contributed by atoms with Crippen molar-refractivity contribution in [1.29, 1.82) is 0 Å². The number of carbonyl (C=O) groups excluding carboxylic acids is 1. The molecule has 3 N–H and O–H groups in total. The van der Waals surface area contributed by atoms with E-state index in [1.165, 1.54) is 6.42 Å². The minimum Gasteiger partial charge on any atom is -0.496 e. The summed E-state index contributed by atoms with van der Waals surface area (Å²) in [4.78, 5) is 15.9. The monoisotopic (exact) mass is 337 g/mol. The van der Waals surface area contributed by atoms with Gasteiger partial charge in [0.2, 0.25) is 0 Å². The average Bonchev–Trinajstić information content (AvgIpc) is 3.01. The van der Waals surface area contributed by atoms with Crippen LogP contribution in [0.5, 0.6) is 5.75 Å². The smallest absolute Gasteiger partial charge is 0.255 e. The van der Waals surface area contributed by atoms with Crippen LogP contribution in [0.4, 0.5) is 5.69 Å². The molecular weight excluding hydrogens is 310 g/mol. The number of likely N-dealkylation sites (N-methyl/N-ethyl adjacent to an activating group) is 1. The van der Waals surface area contributed by atoms with Crippen LogP contribution in [0.25, 0.3) is 0 Å². The van der Waals surface area contributed by atoms with Crippen molar-refractivity contribution in [3.05, 3.63) is 17.7 Å². The Morgan fingerprint density at radius 3 is 2.91 bits per heavy atom. The van der Waals surface area contributed by atoms with Gasteiger partial charge in [-0.25, -0.2) is 0 Å². The number of ether oxygens (including phenoxy) is 1. The maximum absolute atomic E-state index is 12.6. The lowest BCUT2D eigenvalue weighted by Gasteiger charge is -2.23. The third kappa shape index (κ3) is 4.32. The number of hydrogen-bond donors (Lipinski definition) is 2. The molecule has 0 bridgehead atoms. The number of rotatable bonds is 7. The number of hydrogen-bond acceptors (Lipinski definition) is 5. The minimum atomic E-state index is -0.0947. The van der Waals surface area contributed by atoms with Crippen LogP contribution in [0.15, 0.2) is 17.0 Å². The zero-order valence-electron chi connectivity index (χ0n) is 14.2. The van der Waals surface area contributed by atoms with E-state index in [9.17, 15) is 4.79 Å². The van der Waals surface area contributed by atoms with E-state index >= 15 is 0 Å². The minimum absolute atomic E-state index is 0.0947. The van der Waals surface area contributed by atoms with Gasteiger partial charge in [-0.15, -0.1) is 11.8 Å². The second-order valence-corrected chi connectivity index (χ2v) is 6.96.